The molecule has 0 bridgehead atoms. The van der Waals surface area contributed by atoms with Gasteiger partial charge >= 0.3 is 0 Å². The topological polar surface area (TPSA) is 29.5 Å². The monoisotopic (exact) mass is 258 g/mol. The maximum absolute atomic E-state index is 8.93. The maximum atomic E-state index is 8.93. The summed E-state index contributed by atoms with van der Waals surface area (Å²) >= 11 is 3.43. The second-order valence-corrected chi connectivity index (χ2v) is 4.32. The van der Waals surface area contributed by atoms with Gasteiger partial charge in [0.05, 0.1) is 11.6 Å². The number of aliphatic hydroxyl groups is 1. The van der Waals surface area contributed by atoms with Crippen LogP contribution in [0.3, 0.4) is 0 Å². The van der Waals surface area contributed by atoms with Crippen molar-refractivity contribution in [1.29, 1.82) is 0 Å². The SMILES string of the molecule is COc1ccc(CC(C)CO)cc1Br. The molecule has 78 valence electrons. The average molecular weight is 259 g/mol. The van der Waals surface area contributed by atoms with Crippen LogP contribution in [0, 0.1) is 5.92 Å². The first-order chi connectivity index (χ1) is 6.67. The van der Waals surface area contributed by atoms with Gasteiger partial charge in [0.15, 0.2) is 0 Å². The van der Waals surface area contributed by atoms with Gasteiger partial charge in [-0.25, -0.2) is 0 Å². The van der Waals surface area contributed by atoms with Crippen LogP contribution in [0.5, 0.6) is 5.75 Å². The first kappa shape index (κ1) is 11.5. The third-order valence-corrected chi connectivity index (χ3v) is 2.73. The molecule has 0 saturated carbocycles. The Morgan fingerprint density at radius 2 is 2.21 bits per heavy atom. The zero-order chi connectivity index (χ0) is 10.6. The molecule has 3 heteroatoms. The Labute approximate surface area is 93.0 Å². The lowest BCUT2D eigenvalue weighted by Crippen LogP contribution is -2.04. The molecule has 0 spiro atoms. The molecule has 0 heterocycles. The normalized spacial score (nSPS) is 12.6. The molecule has 1 aromatic rings. The van der Waals surface area contributed by atoms with E-state index < -0.39 is 0 Å². The minimum atomic E-state index is 0.226. The van der Waals surface area contributed by atoms with Crippen molar-refractivity contribution in [2.45, 2.75) is 13.3 Å². The Balaban J connectivity index is 2.76. The molecule has 0 amide bonds. The summed E-state index contributed by atoms with van der Waals surface area (Å²) in [5, 5.41) is 8.93. The number of ether oxygens (including phenoxy) is 1. The van der Waals surface area contributed by atoms with Crippen molar-refractivity contribution in [3.05, 3.63) is 28.2 Å². The molecule has 1 N–H and O–H groups in total. The van der Waals surface area contributed by atoms with E-state index in [9.17, 15) is 0 Å². The summed E-state index contributed by atoms with van der Waals surface area (Å²) in [7, 11) is 1.65. The summed E-state index contributed by atoms with van der Waals surface area (Å²) in [6.07, 6.45) is 0.888. The van der Waals surface area contributed by atoms with Gasteiger partial charge in [0.2, 0.25) is 0 Å². The van der Waals surface area contributed by atoms with E-state index in [4.69, 9.17) is 9.84 Å². The second kappa shape index (κ2) is 5.37. The molecule has 1 unspecified atom stereocenters. The van der Waals surface area contributed by atoms with Gasteiger partial charge in [-0.3, -0.25) is 0 Å². The van der Waals surface area contributed by atoms with Crippen LogP contribution in [-0.4, -0.2) is 18.8 Å². The molecule has 1 atom stereocenters. The van der Waals surface area contributed by atoms with Crippen molar-refractivity contribution in [3.63, 3.8) is 0 Å². The Bertz CT molecular complexity index is 299. The number of aliphatic hydroxyl groups excluding tert-OH is 1. The largest absolute Gasteiger partial charge is 0.496 e. The first-order valence-corrected chi connectivity index (χ1v) is 5.40. The molecule has 0 aliphatic carbocycles. The fraction of sp³-hybridized carbons (Fsp3) is 0.455. The van der Waals surface area contributed by atoms with Crippen LogP contribution >= 0.6 is 15.9 Å². The molecule has 0 aliphatic rings. The van der Waals surface area contributed by atoms with Crippen LogP contribution in [0.4, 0.5) is 0 Å². The Morgan fingerprint density at radius 1 is 1.50 bits per heavy atom. The van der Waals surface area contributed by atoms with Crippen molar-refractivity contribution < 1.29 is 9.84 Å². The van der Waals surface area contributed by atoms with E-state index in [1.54, 1.807) is 7.11 Å². The van der Waals surface area contributed by atoms with E-state index in [0.29, 0.717) is 5.92 Å². The molecular weight excluding hydrogens is 244 g/mol. The van der Waals surface area contributed by atoms with Crippen LogP contribution in [0.25, 0.3) is 0 Å². The Morgan fingerprint density at radius 3 is 2.71 bits per heavy atom. The minimum Gasteiger partial charge on any atom is -0.496 e. The lowest BCUT2D eigenvalue weighted by atomic mass is 10.0. The van der Waals surface area contributed by atoms with Gasteiger partial charge in [-0.2, -0.15) is 0 Å². The summed E-state index contributed by atoms with van der Waals surface area (Å²) in [6, 6.07) is 5.99. The molecule has 14 heavy (non-hydrogen) atoms. The molecule has 2 nitrogen and oxygen atoms in total. The highest BCUT2D eigenvalue weighted by atomic mass is 79.9. The van der Waals surface area contributed by atoms with Gasteiger partial charge in [0.1, 0.15) is 5.75 Å². The highest BCUT2D eigenvalue weighted by Crippen LogP contribution is 2.26. The zero-order valence-electron chi connectivity index (χ0n) is 8.46. The third-order valence-electron chi connectivity index (χ3n) is 2.11. The molecule has 0 radical (unpaired) electrons. The second-order valence-electron chi connectivity index (χ2n) is 3.46. The molecular formula is C11H15BrO2. The predicted octanol–water partition coefficient (Wildman–Crippen LogP) is 2.63. The summed E-state index contributed by atoms with van der Waals surface area (Å²) in [5.41, 5.74) is 1.21. The lowest BCUT2D eigenvalue weighted by molar-refractivity contribution is 0.237. The Hall–Kier alpha value is -0.540. The maximum Gasteiger partial charge on any atom is 0.133 e. The van der Waals surface area contributed by atoms with Gasteiger partial charge < -0.3 is 9.84 Å². The highest BCUT2D eigenvalue weighted by molar-refractivity contribution is 9.10. The van der Waals surface area contributed by atoms with Crippen molar-refractivity contribution in [2.24, 2.45) is 5.92 Å². The van der Waals surface area contributed by atoms with E-state index in [2.05, 4.69) is 15.9 Å². The van der Waals surface area contributed by atoms with E-state index in [1.165, 1.54) is 5.56 Å². The summed E-state index contributed by atoms with van der Waals surface area (Å²) in [6.45, 7) is 2.25. The first-order valence-electron chi connectivity index (χ1n) is 4.60. The number of methoxy groups -OCH3 is 1. The quantitative estimate of drug-likeness (QED) is 0.900. The third kappa shape index (κ3) is 3.00. The van der Waals surface area contributed by atoms with E-state index >= 15 is 0 Å². The number of halogens is 1. The molecule has 1 aromatic carbocycles. The fourth-order valence-electron chi connectivity index (χ4n) is 1.30. The van der Waals surface area contributed by atoms with Crippen molar-refractivity contribution in [1.82, 2.24) is 0 Å². The van der Waals surface area contributed by atoms with Gasteiger partial charge in [-0.15, -0.1) is 0 Å². The van der Waals surface area contributed by atoms with Crippen LogP contribution in [0.15, 0.2) is 22.7 Å². The summed E-state index contributed by atoms with van der Waals surface area (Å²) in [4.78, 5) is 0. The van der Waals surface area contributed by atoms with Crippen molar-refractivity contribution >= 4 is 15.9 Å². The van der Waals surface area contributed by atoms with E-state index in [0.717, 1.165) is 16.6 Å². The van der Waals surface area contributed by atoms with Gasteiger partial charge in [0, 0.05) is 6.61 Å². The van der Waals surface area contributed by atoms with Gasteiger partial charge in [0.25, 0.3) is 0 Å². The molecule has 1 rings (SSSR count). The zero-order valence-corrected chi connectivity index (χ0v) is 10.0. The van der Waals surface area contributed by atoms with Crippen molar-refractivity contribution in [3.8, 4) is 5.75 Å². The van der Waals surface area contributed by atoms with Gasteiger partial charge in [-0.1, -0.05) is 13.0 Å². The van der Waals surface area contributed by atoms with Crippen LogP contribution in [0.1, 0.15) is 12.5 Å². The van der Waals surface area contributed by atoms with Crippen molar-refractivity contribution in [2.75, 3.05) is 13.7 Å². The highest BCUT2D eigenvalue weighted by Gasteiger charge is 2.05. The van der Waals surface area contributed by atoms with Gasteiger partial charge in [-0.05, 0) is 46.0 Å². The lowest BCUT2D eigenvalue weighted by Gasteiger charge is -2.09. The predicted molar refractivity (Wildman–Crippen MR) is 60.6 cm³/mol. The van der Waals surface area contributed by atoms with E-state index in [1.807, 2.05) is 25.1 Å². The number of hydrogen-bond acceptors (Lipinski definition) is 2. The number of benzene rings is 1. The minimum absolute atomic E-state index is 0.226. The van der Waals surface area contributed by atoms with Crippen LogP contribution < -0.4 is 4.74 Å². The molecule has 0 saturated heterocycles. The molecule has 0 aliphatic heterocycles. The Kier molecular flexibility index (Phi) is 4.42. The summed E-state index contributed by atoms with van der Waals surface area (Å²) < 4.78 is 6.10. The molecule has 0 fully saturated rings. The van der Waals surface area contributed by atoms with E-state index in [-0.39, 0.29) is 6.61 Å². The number of rotatable bonds is 4. The fourth-order valence-corrected chi connectivity index (χ4v) is 1.89. The van der Waals surface area contributed by atoms with Crippen LogP contribution in [-0.2, 0) is 6.42 Å². The summed E-state index contributed by atoms with van der Waals surface area (Å²) in [5.74, 6) is 1.14. The molecule has 0 aromatic heterocycles. The smallest absolute Gasteiger partial charge is 0.133 e. The van der Waals surface area contributed by atoms with Crippen LogP contribution in [0.2, 0.25) is 0 Å². The standard InChI is InChI=1S/C11H15BrO2/c1-8(7-13)5-9-3-4-11(14-2)10(12)6-9/h3-4,6,8,13H,5,7H2,1-2H3. The number of hydrogen-bond donors (Lipinski definition) is 1. The average Bonchev–Trinajstić information content (AvgIpc) is 2.18.